The molecule has 2 heteroatoms. The highest BCUT2D eigenvalue weighted by Gasteiger charge is 2.27. The van der Waals surface area contributed by atoms with Gasteiger partial charge in [-0.15, -0.1) is 0 Å². The van der Waals surface area contributed by atoms with Crippen molar-refractivity contribution in [2.45, 2.75) is 91.0 Å². The predicted octanol–water partition coefficient (Wildman–Crippen LogP) is 6.30. The lowest BCUT2D eigenvalue weighted by atomic mass is 9.88. The molecule has 1 unspecified atom stereocenters. The fourth-order valence-electron chi connectivity index (χ4n) is 3.62. The molecule has 0 amide bonds. The fourth-order valence-corrected chi connectivity index (χ4v) is 3.62. The van der Waals surface area contributed by atoms with Crippen molar-refractivity contribution in [2.24, 2.45) is 5.92 Å². The van der Waals surface area contributed by atoms with Gasteiger partial charge in [0, 0.05) is 5.92 Å². The SMILES string of the molecule is CCC(CC)c1ccc(OC(OC(C)C)C2CCCCC2)cc1. The number of hydrogen-bond acceptors (Lipinski definition) is 2. The molecule has 1 saturated carbocycles. The van der Waals surface area contributed by atoms with Crippen LogP contribution in [-0.2, 0) is 4.74 Å². The molecule has 0 spiro atoms. The second kappa shape index (κ2) is 9.32. The summed E-state index contributed by atoms with van der Waals surface area (Å²) in [5, 5.41) is 0. The number of rotatable bonds is 8. The van der Waals surface area contributed by atoms with Gasteiger partial charge in [-0.05, 0) is 63.1 Å². The Balaban J connectivity index is 2.03. The molecule has 1 aromatic carbocycles. The average Bonchev–Trinajstić information content (AvgIpc) is 2.57. The molecular formula is C21H34O2. The molecule has 0 heterocycles. The summed E-state index contributed by atoms with van der Waals surface area (Å²) >= 11 is 0. The van der Waals surface area contributed by atoms with Gasteiger partial charge in [-0.3, -0.25) is 0 Å². The third kappa shape index (κ3) is 5.53. The van der Waals surface area contributed by atoms with Crippen LogP contribution < -0.4 is 4.74 Å². The summed E-state index contributed by atoms with van der Waals surface area (Å²) < 4.78 is 12.3. The van der Waals surface area contributed by atoms with Gasteiger partial charge in [0.25, 0.3) is 0 Å². The highest BCUT2D eigenvalue weighted by Crippen LogP contribution is 2.31. The van der Waals surface area contributed by atoms with E-state index in [1.165, 1.54) is 50.5 Å². The van der Waals surface area contributed by atoms with Gasteiger partial charge >= 0.3 is 0 Å². The van der Waals surface area contributed by atoms with E-state index < -0.39 is 0 Å². The third-order valence-corrected chi connectivity index (χ3v) is 5.03. The largest absolute Gasteiger partial charge is 0.465 e. The minimum atomic E-state index is -0.103. The minimum absolute atomic E-state index is 0.103. The van der Waals surface area contributed by atoms with Crippen LogP contribution in [0.25, 0.3) is 0 Å². The Labute approximate surface area is 142 Å². The summed E-state index contributed by atoms with van der Waals surface area (Å²) in [5.41, 5.74) is 1.42. The lowest BCUT2D eigenvalue weighted by Gasteiger charge is -2.31. The highest BCUT2D eigenvalue weighted by atomic mass is 16.7. The molecule has 0 N–H and O–H groups in total. The summed E-state index contributed by atoms with van der Waals surface area (Å²) in [5.74, 6) is 2.13. The standard InChI is InChI=1S/C21H34O2/c1-5-17(6-2)18-12-14-20(15-13-18)23-21(22-16(3)4)19-10-8-7-9-11-19/h12-17,19,21H,5-11H2,1-4H3. The van der Waals surface area contributed by atoms with Crippen molar-refractivity contribution in [1.29, 1.82) is 0 Å². The predicted molar refractivity (Wildman–Crippen MR) is 97.0 cm³/mol. The van der Waals surface area contributed by atoms with Gasteiger partial charge in [0.15, 0.2) is 0 Å². The van der Waals surface area contributed by atoms with Crippen molar-refractivity contribution < 1.29 is 9.47 Å². The molecule has 1 aliphatic carbocycles. The van der Waals surface area contributed by atoms with E-state index in [1.807, 2.05) is 0 Å². The maximum atomic E-state index is 6.24. The first-order chi connectivity index (χ1) is 11.1. The molecule has 0 bridgehead atoms. The van der Waals surface area contributed by atoms with E-state index in [-0.39, 0.29) is 12.4 Å². The number of hydrogen-bond donors (Lipinski definition) is 0. The normalized spacial score (nSPS) is 17.7. The molecule has 0 aromatic heterocycles. The van der Waals surface area contributed by atoms with E-state index in [9.17, 15) is 0 Å². The molecule has 1 aromatic rings. The Morgan fingerprint density at radius 2 is 1.57 bits per heavy atom. The van der Waals surface area contributed by atoms with Crippen LogP contribution in [0.4, 0.5) is 0 Å². The molecule has 0 radical (unpaired) electrons. The summed E-state index contributed by atoms with van der Waals surface area (Å²) in [7, 11) is 0. The molecular weight excluding hydrogens is 284 g/mol. The second-order valence-corrected chi connectivity index (χ2v) is 7.15. The number of benzene rings is 1. The molecule has 0 saturated heterocycles. The zero-order valence-corrected chi connectivity index (χ0v) is 15.4. The summed E-state index contributed by atoms with van der Waals surface area (Å²) in [4.78, 5) is 0. The fraction of sp³-hybridized carbons (Fsp3) is 0.714. The smallest absolute Gasteiger partial charge is 0.202 e. The van der Waals surface area contributed by atoms with Gasteiger partial charge in [0.1, 0.15) is 5.75 Å². The summed E-state index contributed by atoms with van der Waals surface area (Å²) in [6, 6.07) is 8.68. The van der Waals surface area contributed by atoms with Crippen LogP contribution in [0.15, 0.2) is 24.3 Å². The van der Waals surface area contributed by atoms with Gasteiger partial charge < -0.3 is 9.47 Å². The van der Waals surface area contributed by atoms with Crippen LogP contribution in [0, 0.1) is 5.92 Å². The van der Waals surface area contributed by atoms with Crippen molar-refractivity contribution in [3.8, 4) is 5.75 Å². The van der Waals surface area contributed by atoms with Crippen molar-refractivity contribution in [3.63, 3.8) is 0 Å². The topological polar surface area (TPSA) is 18.5 Å². The summed E-state index contributed by atoms with van der Waals surface area (Å²) in [6.07, 6.45) is 8.90. The van der Waals surface area contributed by atoms with Crippen molar-refractivity contribution >= 4 is 0 Å². The van der Waals surface area contributed by atoms with E-state index in [4.69, 9.17) is 9.47 Å². The van der Waals surface area contributed by atoms with Crippen LogP contribution >= 0.6 is 0 Å². The maximum absolute atomic E-state index is 6.24. The Hall–Kier alpha value is -1.02. The molecule has 1 aliphatic rings. The maximum Gasteiger partial charge on any atom is 0.202 e. The Morgan fingerprint density at radius 3 is 2.09 bits per heavy atom. The molecule has 23 heavy (non-hydrogen) atoms. The zero-order valence-electron chi connectivity index (χ0n) is 15.4. The first-order valence-electron chi connectivity index (χ1n) is 9.56. The first kappa shape index (κ1) is 18.3. The van der Waals surface area contributed by atoms with E-state index in [0.717, 1.165) is 5.75 Å². The van der Waals surface area contributed by atoms with Crippen molar-refractivity contribution in [3.05, 3.63) is 29.8 Å². The van der Waals surface area contributed by atoms with E-state index >= 15 is 0 Å². The third-order valence-electron chi connectivity index (χ3n) is 5.03. The van der Waals surface area contributed by atoms with Crippen molar-refractivity contribution in [1.82, 2.24) is 0 Å². The van der Waals surface area contributed by atoms with Crippen LogP contribution in [0.5, 0.6) is 5.75 Å². The number of ether oxygens (including phenoxy) is 2. The Morgan fingerprint density at radius 1 is 0.957 bits per heavy atom. The molecule has 0 aliphatic heterocycles. The summed E-state index contributed by atoms with van der Waals surface area (Å²) in [6.45, 7) is 8.70. The molecule has 2 rings (SSSR count). The Kier molecular flexibility index (Phi) is 7.42. The average molecular weight is 319 g/mol. The molecule has 1 atom stereocenters. The van der Waals surface area contributed by atoms with Crippen molar-refractivity contribution in [2.75, 3.05) is 0 Å². The zero-order chi connectivity index (χ0) is 16.7. The molecule has 2 nitrogen and oxygen atoms in total. The first-order valence-corrected chi connectivity index (χ1v) is 9.56. The van der Waals surface area contributed by atoms with Crippen LogP contribution in [0.3, 0.4) is 0 Å². The highest BCUT2D eigenvalue weighted by molar-refractivity contribution is 5.29. The van der Waals surface area contributed by atoms with E-state index in [2.05, 4.69) is 52.0 Å². The van der Waals surface area contributed by atoms with Gasteiger partial charge in [-0.1, -0.05) is 45.2 Å². The lowest BCUT2D eigenvalue weighted by molar-refractivity contribution is -0.145. The quantitative estimate of drug-likeness (QED) is 0.524. The lowest BCUT2D eigenvalue weighted by Crippen LogP contribution is -2.33. The van der Waals surface area contributed by atoms with E-state index in [0.29, 0.717) is 11.8 Å². The van der Waals surface area contributed by atoms with Gasteiger partial charge in [0.2, 0.25) is 6.29 Å². The van der Waals surface area contributed by atoms with E-state index in [1.54, 1.807) is 0 Å². The van der Waals surface area contributed by atoms with Crippen LogP contribution in [0.2, 0.25) is 0 Å². The van der Waals surface area contributed by atoms with Gasteiger partial charge in [0.05, 0.1) is 6.10 Å². The monoisotopic (exact) mass is 318 g/mol. The molecule has 1 fully saturated rings. The van der Waals surface area contributed by atoms with Crippen LogP contribution in [0.1, 0.15) is 84.1 Å². The second-order valence-electron chi connectivity index (χ2n) is 7.15. The van der Waals surface area contributed by atoms with Gasteiger partial charge in [-0.25, -0.2) is 0 Å². The van der Waals surface area contributed by atoms with Gasteiger partial charge in [-0.2, -0.15) is 0 Å². The molecule has 130 valence electrons. The minimum Gasteiger partial charge on any atom is -0.465 e. The Bertz CT molecular complexity index is 428. The van der Waals surface area contributed by atoms with Crippen LogP contribution in [-0.4, -0.2) is 12.4 Å².